The fourth-order valence-electron chi connectivity index (χ4n) is 6.47. The highest BCUT2D eigenvalue weighted by atomic mass is 31.0. The fourth-order valence-corrected chi connectivity index (χ4v) is 7.26. The van der Waals surface area contributed by atoms with Crippen LogP contribution in [0.2, 0.25) is 0 Å². The molecule has 8 heteroatoms. The van der Waals surface area contributed by atoms with Crippen LogP contribution >= 0.6 is 9.24 Å². The van der Waals surface area contributed by atoms with Crippen molar-refractivity contribution >= 4 is 26.1 Å². The van der Waals surface area contributed by atoms with Crippen LogP contribution in [0.15, 0.2) is 35.3 Å². The maximum Gasteiger partial charge on any atom is 0.255 e. The van der Waals surface area contributed by atoms with Gasteiger partial charge >= 0.3 is 0 Å². The van der Waals surface area contributed by atoms with Gasteiger partial charge in [-0.15, -0.1) is 9.24 Å². The Labute approximate surface area is 214 Å². The quantitative estimate of drug-likeness (QED) is 0.557. The third kappa shape index (κ3) is 4.09. The molecule has 3 aliphatic carbocycles. The zero-order chi connectivity index (χ0) is 25.6. The molecule has 2 heterocycles. The summed E-state index contributed by atoms with van der Waals surface area (Å²) < 4.78 is 16.5. The first-order chi connectivity index (χ1) is 17.0. The molecule has 1 aromatic carbocycles. The van der Waals surface area contributed by atoms with E-state index in [1.54, 1.807) is 36.7 Å². The zero-order valence-electron chi connectivity index (χ0n) is 21.5. The van der Waals surface area contributed by atoms with Crippen molar-refractivity contribution in [2.75, 3.05) is 25.5 Å². The highest BCUT2D eigenvalue weighted by molar-refractivity contribution is 7.27. The number of benzene rings is 1. The third-order valence-corrected chi connectivity index (χ3v) is 9.64. The molecule has 36 heavy (non-hydrogen) atoms. The van der Waals surface area contributed by atoms with Crippen LogP contribution in [0.3, 0.4) is 0 Å². The van der Waals surface area contributed by atoms with Gasteiger partial charge in [-0.2, -0.15) is 0 Å². The van der Waals surface area contributed by atoms with Gasteiger partial charge in [0.05, 0.1) is 17.3 Å². The van der Waals surface area contributed by atoms with Gasteiger partial charge in [0.1, 0.15) is 5.67 Å². The molecule has 6 rings (SSSR count). The number of carbonyl (C=O) groups is 1. The molecular formula is C28H36FN4O2P. The number of fused-ring (bicyclic) bond motifs is 1. The minimum Gasteiger partial charge on any atom is -0.381 e. The van der Waals surface area contributed by atoms with Gasteiger partial charge in [0.2, 0.25) is 0 Å². The van der Waals surface area contributed by atoms with Crippen LogP contribution in [-0.2, 0) is 5.67 Å². The summed E-state index contributed by atoms with van der Waals surface area (Å²) in [7, 11) is 4.78. The van der Waals surface area contributed by atoms with Gasteiger partial charge < -0.3 is 20.1 Å². The van der Waals surface area contributed by atoms with Crippen molar-refractivity contribution in [2.24, 2.45) is 17.3 Å². The van der Waals surface area contributed by atoms with Crippen molar-refractivity contribution < 1.29 is 9.18 Å². The maximum absolute atomic E-state index is 14.7. The number of halogens is 1. The first-order valence-corrected chi connectivity index (χ1v) is 13.7. The number of likely N-dealkylation sites (tertiary alicyclic amines) is 1. The number of alkyl halides is 1. The second kappa shape index (κ2) is 8.13. The van der Waals surface area contributed by atoms with Crippen LogP contribution < -0.4 is 21.5 Å². The largest absolute Gasteiger partial charge is 0.381 e. The molecule has 0 bridgehead atoms. The van der Waals surface area contributed by atoms with E-state index in [0.717, 1.165) is 30.4 Å². The van der Waals surface area contributed by atoms with Crippen LogP contribution in [0.4, 0.5) is 10.1 Å². The number of anilines is 1. The van der Waals surface area contributed by atoms with Crippen molar-refractivity contribution in [3.63, 3.8) is 0 Å². The monoisotopic (exact) mass is 510 g/mol. The Morgan fingerprint density at radius 3 is 2.56 bits per heavy atom. The molecule has 2 N–H and O–H groups in total. The summed E-state index contributed by atoms with van der Waals surface area (Å²) in [6.45, 7) is 7.08. The van der Waals surface area contributed by atoms with Crippen molar-refractivity contribution in [3.8, 4) is 0 Å². The predicted octanol–water partition coefficient (Wildman–Crippen LogP) is 3.74. The molecule has 1 amide bonds. The number of rotatable bonds is 7. The van der Waals surface area contributed by atoms with E-state index < -0.39 is 5.67 Å². The number of aromatic nitrogens is 1. The van der Waals surface area contributed by atoms with E-state index in [-0.39, 0.29) is 23.6 Å². The molecule has 1 spiro atoms. The number of hydrogen-bond donors (Lipinski definition) is 2. The first kappa shape index (κ1) is 24.1. The van der Waals surface area contributed by atoms with Crippen LogP contribution in [0.5, 0.6) is 0 Å². The van der Waals surface area contributed by atoms with Crippen LogP contribution in [0, 0.1) is 17.3 Å². The first-order valence-electron chi connectivity index (χ1n) is 13.1. The lowest BCUT2D eigenvalue weighted by atomic mass is 9.95. The van der Waals surface area contributed by atoms with E-state index in [9.17, 15) is 14.0 Å². The smallest absolute Gasteiger partial charge is 0.255 e. The van der Waals surface area contributed by atoms with E-state index in [4.69, 9.17) is 0 Å². The molecule has 3 unspecified atom stereocenters. The zero-order valence-corrected chi connectivity index (χ0v) is 22.6. The highest BCUT2D eigenvalue weighted by Gasteiger charge is 2.64. The van der Waals surface area contributed by atoms with Gasteiger partial charge in [0, 0.05) is 37.4 Å². The SMILES string of the molecule is C[C@@H](NC(=O)c1cn([C@@H]2CC23CC3)c(=O)cc1NC1C2CN(C)CC21)c1cccc(C(C)(C)F)c1P. The number of amides is 1. The standard InChI is InChI=1S/C28H36FN4O2P/c1-15(16-6-5-7-20(25(16)36)27(2,3)29)30-26(35)19-14-33(22-11-28(22)8-9-28)23(34)10-21(19)31-24-17-12-32(4)13-18(17)24/h5-7,10,14-15,17-18,22,24,31H,8-9,11-13,36H2,1-4H3,(H,30,35)/t15-,17?,18?,22-,24?/m1/s1. The Kier molecular flexibility index (Phi) is 5.45. The fraction of sp³-hybridized carbons (Fsp3) is 0.571. The molecule has 2 aromatic rings. The Morgan fingerprint density at radius 2 is 1.94 bits per heavy atom. The Hall–Kier alpha value is -2.24. The van der Waals surface area contributed by atoms with Gasteiger partial charge in [-0.3, -0.25) is 9.59 Å². The molecule has 192 valence electrons. The van der Waals surface area contributed by atoms with E-state index in [1.165, 1.54) is 12.8 Å². The summed E-state index contributed by atoms with van der Waals surface area (Å²) in [4.78, 5) is 29.1. The lowest BCUT2D eigenvalue weighted by Gasteiger charge is -2.23. The van der Waals surface area contributed by atoms with E-state index in [0.29, 0.717) is 40.1 Å². The molecule has 1 aromatic heterocycles. The van der Waals surface area contributed by atoms with Gasteiger partial charge in [-0.05, 0) is 80.8 Å². The van der Waals surface area contributed by atoms with Crippen molar-refractivity contribution in [1.82, 2.24) is 14.8 Å². The molecular weight excluding hydrogens is 474 g/mol. The average molecular weight is 511 g/mol. The molecule has 1 aliphatic heterocycles. The summed E-state index contributed by atoms with van der Waals surface area (Å²) in [5.41, 5.74) is 1.36. The summed E-state index contributed by atoms with van der Waals surface area (Å²) in [6.07, 6.45) is 5.13. The molecule has 6 nitrogen and oxygen atoms in total. The highest BCUT2D eigenvalue weighted by Crippen LogP contribution is 2.72. The molecule has 0 radical (unpaired) electrons. The van der Waals surface area contributed by atoms with Crippen LogP contribution in [-0.4, -0.2) is 41.6 Å². The lowest BCUT2D eigenvalue weighted by molar-refractivity contribution is 0.0940. The number of hydrogen-bond acceptors (Lipinski definition) is 4. The Bertz CT molecular complexity index is 1290. The van der Waals surface area contributed by atoms with Gasteiger partial charge in [-0.1, -0.05) is 18.2 Å². The summed E-state index contributed by atoms with van der Waals surface area (Å²) in [5, 5.41) is 7.45. The molecule has 1 saturated heterocycles. The number of piperidine rings is 1. The third-order valence-electron chi connectivity index (χ3n) is 8.99. The molecule has 5 atom stereocenters. The minimum atomic E-state index is -1.48. The maximum atomic E-state index is 14.7. The topological polar surface area (TPSA) is 66.4 Å². The molecule has 4 fully saturated rings. The predicted molar refractivity (Wildman–Crippen MR) is 144 cm³/mol. The molecule has 4 aliphatic rings. The van der Waals surface area contributed by atoms with Crippen molar-refractivity contribution in [3.05, 3.63) is 57.5 Å². The number of carbonyl (C=O) groups excluding carboxylic acids is 1. The minimum absolute atomic E-state index is 0.0380. The number of nitrogens with one attached hydrogen (secondary N) is 2. The van der Waals surface area contributed by atoms with E-state index >= 15 is 0 Å². The summed E-state index contributed by atoms with van der Waals surface area (Å²) in [5.74, 6) is 0.912. The lowest BCUT2D eigenvalue weighted by Crippen LogP contribution is -2.33. The van der Waals surface area contributed by atoms with Crippen LogP contribution in [0.25, 0.3) is 0 Å². The summed E-state index contributed by atoms with van der Waals surface area (Å²) in [6, 6.07) is 7.35. The normalized spacial score (nSPS) is 28.5. The van der Waals surface area contributed by atoms with Crippen molar-refractivity contribution in [2.45, 2.75) is 63.8 Å². The second-order valence-corrected chi connectivity index (χ2v) is 12.7. The van der Waals surface area contributed by atoms with Gasteiger partial charge in [0.25, 0.3) is 11.5 Å². The molecule has 3 saturated carbocycles. The number of nitrogens with zero attached hydrogens (tertiary/aromatic N) is 2. The van der Waals surface area contributed by atoms with Gasteiger partial charge in [-0.25, -0.2) is 4.39 Å². The average Bonchev–Trinajstić information content (AvgIpc) is 3.76. The Morgan fingerprint density at radius 1 is 1.25 bits per heavy atom. The number of pyridine rings is 1. The van der Waals surface area contributed by atoms with E-state index in [1.807, 2.05) is 19.1 Å². The van der Waals surface area contributed by atoms with Crippen molar-refractivity contribution in [1.29, 1.82) is 0 Å². The second-order valence-electron chi connectivity index (χ2n) is 12.1. The van der Waals surface area contributed by atoms with E-state index in [2.05, 4.69) is 31.8 Å². The Balaban J connectivity index is 1.28. The summed E-state index contributed by atoms with van der Waals surface area (Å²) >= 11 is 0. The van der Waals surface area contributed by atoms with Crippen LogP contribution in [0.1, 0.15) is 73.6 Å². The van der Waals surface area contributed by atoms with Gasteiger partial charge in [0.15, 0.2) is 0 Å².